The summed E-state index contributed by atoms with van der Waals surface area (Å²) >= 11 is 3.36. The van der Waals surface area contributed by atoms with Crippen LogP contribution in [0.5, 0.6) is 0 Å². The first kappa shape index (κ1) is 10.7. The molecular weight excluding hydrogens is 272 g/mol. The zero-order valence-electron chi connectivity index (χ0n) is 8.21. The number of rotatable bonds is 2. The second-order valence-corrected chi connectivity index (χ2v) is 3.95. The van der Waals surface area contributed by atoms with Crippen LogP contribution in [0.1, 0.15) is 5.56 Å². The van der Waals surface area contributed by atoms with Crippen LogP contribution in [0, 0.1) is 0 Å². The Balaban J connectivity index is 2.45. The third-order valence-corrected chi connectivity index (χ3v) is 2.76. The van der Waals surface area contributed by atoms with Crippen molar-refractivity contribution in [2.75, 3.05) is 0 Å². The van der Waals surface area contributed by atoms with E-state index in [0.29, 0.717) is 5.56 Å². The zero-order valence-corrected chi connectivity index (χ0v) is 9.79. The van der Waals surface area contributed by atoms with Crippen LogP contribution in [0.15, 0.2) is 46.3 Å². The van der Waals surface area contributed by atoms with Crippen molar-refractivity contribution in [1.29, 1.82) is 0 Å². The molecule has 0 spiro atoms. The first-order valence-electron chi connectivity index (χ1n) is 4.50. The van der Waals surface area contributed by atoms with Gasteiger partial charge in [-0.25, -0.2) is 4.68 Å². The lowest BCUT2D eigenvalue weighted by molar-refractivity contribution is 0.318. The van der Waals surface area contributed by atoms with Crippen molar-refractivity contribution >= 4 is 21.8 Å². The Morgan fingerprint density at radius 3 is 2.88 bits per heavy atom. The standard InChI is InChI=1S/C10H9BrN4O/c11-9-6-7(15-5-1-4-13-15)2-3-8(9)10(12)14-16/h1-6,16H,(H2,12,14). The van der Waals surface area contributed by atoms with E-state index in [4.69, 9.17) is 10.9 Å². The van der Waals surface area contributed by atoms with E-state index in [2.05, 4.69) is 26.2 Å². The highest BCUT2D eigenvalue weighted by Gasteiger charge is 2.06. The van der Waals surface area contributed by atoms with E-state index < -0.39 is 0 Å². The summed E-state index contributed by atoms with van der Waals surface area (Å²) in [6, 6.07) is 7.28. The molecule has 1 aromatic carbocycles. The summed E-state index contributed by atoms with van der Waals surface area (Å²) < 4.78 is 2.47. The highest BCUT2D eigenvalue weighted by Crippen LogP contribution is 2.20. The summed E-state index contributed by atoms with van der Waals surface area (Å²) in [5, 5.41) is 15.7. The molecule has 0 bridgehead atoms. The van der Waals surface area contributed by atoms with Gasteiger partial charge in [0, 0.05) is 22.4 Å². The fourth-order valence-corrected chi connectivity index (χ4v) is 1.90. The molecule has 0 aliphatic rings. The first-order chi connectivity index (χ1) is 7.72. The number of hydrogen-bond donors (Lipinski definition) is 2. The molecule has 3 N–H and O–H groups in total. The first-order valence-corrected chi connectivity index (χ1v) is 5.29. The summed E-state index contributed by atoms with van der Waals surface area (Å²) in [4.78, 5) is 0. The van der Waals surface area contributed by atoms with Crippen LogP contribution >= 0.6 is 15.9 Å². The Hall–Kier alpha value is -1.82. The van der Waals surface area contributed by atoms with Gasteiger partial charge in [0.2, 0.25) is 0 Å². The van der Waals surface area contributed by atoms with Gasteiger partial charge in [0.25, 0.3) is 0 Å². The van der Waals surface area contributed by atoms with Crippen molar-refractivity contribution in [3.05, 3.63) is 46.7 Å². The molecule has 2 aromatic rings. The largest absolute Gasteiger partial charge is 0.409 e. The van der Waals surface area contributed by atoms with Crippen molar-refractivity contribution < 1.29 is 5.21 Å². The van der Waals surface area contributed by atoms with Gasteiger partial charge in [0.05, 0.1) is 5.69 Å². The molecule has 0 radical (unpaired) electrons. The molecule has 6 heteroatoms. The minimum absolute atomic E-state index is 0.0684. The summed E-state index contributed by atoms with van der Waals surface area (Å²) in [5.41, 5.74) is 7.04. The topological polar surface area (TPSA) is 76.4 Å². The van der Waals surface area contributed by atoms with Crippen LogP contribution in [-0.4, -0.2) is 20.8 Å². The molecule has 5 nitrogen and oxygen atoms in total. The van der Waals surface area contributed by atoms with E-state index in [1.54, 1.807) is 16.9 Å². The lowest BCUT2D eigenvalue weighted by Crippen LogP contribution is -2.14. The summed E-state index contributed by atoms with van der Waals surface area (Å²) in [6.07, 6.45) is 3.54. The molecule has 2 rings (SSSR count). The van der Waals surface area contributed by atoms with Gasteiger partial charge in [-0.1, -0.05) is 5.16 Å². The van der Waals surface area contributed by atoms with Gasteiger partial charge in [0.1, 0.15) is 0 Å². The maximum Gasteiger partial charge on any atom is 0.171 e. The van der Waals surface area contributed by atoms with E-state index >= 15 is 0 Å². The van der Waals surface area contributed by atoms with Gasteiger partial charge < -0.3 is 10.9 Å². The van der Waals surface area contributed by atoms with E-state index in [1.807, 2.05) is 24.4 Å². The number of hydrogen-bond acceptors (Lipinski definition) is 3. The number of halogens is 1. The minimum Gasteiger partial charge on any atom is -0.409 e. The molecule has 0 aliphatic heterocycles. The van der Waals surface area contributed by atoms with Gasteiger partial charge in [-0.2, -0.15) is 5.10 Å². The fraction of sp³-hybridized carbons (Fsp3) is 0. The maximum atomic E-state index is 8.59. The lowest BCUT2D eigenvalue weighted by atomic mass is 10.2. The van der Waals surface area contributed by atoms with Crippen LogP contribution < -0.4 is 5.73 Å². The highest BCUT2D eigenvalue weighted by atomic mass is 79.9. The number of benzene rings is 1. The fourth-order valence-electron chi connectivity index (χ4n) is 1.33. The van der Waals surface area contributed by atoms with Crippen molar-refractivity contribution in [1.82, 2.24) is 9.78 Å². The third kappa shape index (κ3) is 1.92. The molecular formula is C10H9BrN4O. The molecule has 0 unspecified atom stereocenters. The highest BCUT2D eigenvalue weighted by molar-refractivity contribution is 9.10. The van der Waals surface area contributed by atoms with Crippen molar-refractivity contribution in [3.63, 3.8) is 0 Å². The smallest absolute Gasteiger partial charge is 0.171 e. The summed E-state index contributed by atoms with van der Waals surface area (Å²) in [5.74, 6) is 0.0684. The van der Waals surface area contributed by atoms with Crippen LogP contribution in [0.25, 0.3) is 5.69 Å². The van der Waals surface area contributed by atoms with Crippen molar-refractivity contribution in [2.45, 2.75) is 0 Å². The van der Waals surface area contributed by atoms with Gasteiger partial charge in [0.15, 0.2) is 5.84 Å². The van der Waals surface area contributed by atoms with Gasteiger partial charge in [-0.15, -0.1) is 0 Å². The van der Waals surface area contributed by atoms with Crippen LogP contribution in [0.3, 0.4) is 0 Å². The number of nitrogens with zero attached hydrogens (tertiary/aromatic N) is 3. The SMILES string of the molecule is N/C(=N/O)c1ccc(-n2cccn2)cc1Br. The molecule has 0 aliphatic carbocycles. The molecule has 0 atom stereocenters. The van der Waals surface area contributed by atoms with Crippen LogP contribution in [-0.2, 0) is 0 Å². The molecule has 0 saturated heterocycles. The Kier molecular flexibility index (Phi) is 2.91. The van der Waals surface area contributed by atoms with Gasteiger partial charge >= 0.3 is 0 Å². The van der Waals surface area contributed by atoms with Crippen LogP contribution in [0.2, 0.25) is 0 Å². The summed E-state index contributed by atoms with van der Waals surface area (Å²) in [6.45, 7) is 0. The molecule has 1 heterocycles. The zero-order chi connectivity index (χ0) is 11.5. The average Bonchev–Trinajstić information content (AvgIpc) is 2.81. The van der Waals surface area contributed by atoms with Crippen molar-refractivity contribution in [3.8, 4) is 5.69 Å². The Morgan fingerprint density at radius 1 is 1.50 bits per heavy atom. The monoisotopic (exact) mass is 280 g/mol. The predicted octanol–water partition coefficient (Wildman–Crippen LogP) is 1.73. The molecule has 82 valence electrons. The molecule has 16 heavy (non-hydrogen) atoms. The number of amidine groups is 1. The third-order valence-electron chi connectivity index (χ3n) is 2.11. The second-order valence-electron chi connectivity index (χ2n) is 3.10. The second kappa shape index (κ2) is 4.36. The van der Waals surface area contributed by atoms with Gasteiger partial charge in [-0.05, 0) is 40.2 Å². The lowest BCUT2D eigenvalue weighted by Gasteiger charge is -2.06. The van der Waals surface area contributed by atoms with E-state index in [9.17, 15) is 0 Å². The summed E-state index contributed by atoms with van der Waals surface area (Å²) in [7, 11) is 0. The Morgan fingerprint density at radius 2 is 2.31 bits per heavy atom. The number of aromatic nitrogens is 2. The number of oxime groups is 1. The molecule has 1 aromatic heterocycles. The average molecular weight is 281 g/mol. The normalized spacial score (nSPS) is 11.7. The van der Waals surface area contributed by atoms with Crippen LogP contribution in [0.4, 0.5) is 0 Å². The van der Waals surface area contributed by atoms with E-state index in [1.165, 1.54) is 0 Å². The quantitative estimate of drug-likeness (QED) is 0.381. The van der Waals surface area contributed by atoms with Gasteiger partial charge in [-0.3, -0.25) is 0 Å². The molecule has 0 saturated carbocycles. The Labute approximate surface area is 100 Å². The predicted molar refractivity (Wildman–Crippen MR) is 63.8 cm³/mol. The number of nitrogens with two attached hydrogens (primary N) is 1. The van der Waals surface area contributed by atoms with Crippen molar-refractivity contribution in [2.24, 2.45) is 10.9 Å². The molecule has 0 fully saturated rings. The van der Waals surface area contributed by atoms with E-state index in [0.717, 1.165) is 10.2 Å². The van der Waals surface area contributed by atoms with E-state index in [-0.39, 0.29) is 5.84 Å². The maximum absolute atomic E-state index is 8.59. The minimum atomic E-state index is 0.0684. The Bertz CT molecular complexity index is 522. The molecule has 0 amide bonds.